The van der Waals surface area contributed by atoms with Crippen molar-refractivity contribution in [2.45, 2.75) is 32.6 Å². The van der Waals surface area contributed by atoms with Crippen molar-refractivity contribution in [1.29, 1.82) is 0 Å². The molecule has 0 saturated carbocycles. The van der Waals surface area contributed by atoms with Gasteiger partial charge in [0.1, 0.15) is 0 Å². The second-order valence-corrected chi connectivity index (χ2v) is 3.80. The van der Waals surface area contributed by atoms with Crippen LogP contribution >= 0.6 is 0 Å². The van der Waals surface area contributed by atoms with Crippen LogP contribution in [0.3, 0.4) is 0 Å². The lowest BCUT2D eigenvalue weighted by molar-refractivity contribution is 0.506. The first kappa shape index (κ1) is 8.38. The number of aromatic nitrogens is 1. The van der Waals surface area contributed by atoms with Crippen LogP contribution < -0.4 is 0 Å². The zero-order valence-corrected chi connectivity index (χ0v) is 7.89. The summed E-state index contributed by atoms with van der Waals surface area (Å²) in [7, 11) is 2.06. The van der Waals surface area contributed by atoms with E-state index >= 15 is 0 Å². The quantitative estimate of drug-likeness (QED) is 0.612. The summed E-state index contributed by atoms with van der Waals surface area (Å²) in [5.41, 5.74) is 1.77. The highest BCUT2D eigenvalue weighted by Gasteiger charge is 2.18. The van der Waals surface area contributed by atoms with Crippen LogP contribution in [-0.2, 0) is 12.5 Å². The molecule has 62 valence electrons. The van der Waals surface area contributed by atoms with Crippen LogP contribution in [0.1, 0.15) is 32.8 Å². The molecule has 1 heterocycles. The molecule has 1 aromatic heterocycles. The number of aryl methyl sites for hydroxylation is 1. The Morgan fingerprint density at radius 2 is 2.09 bits per heavy atom. The van der Waals surface area contributed by atoms with E-state index in [4.69, 9.17) is 0 Å². The SMILES string of the molecule is CCC(C)(C)c1ccn(C)c1. The molecule has 0 aliphatic heterocycles. The molecule has 0 aromatic carbocycles. The van der Waals surface area contributed by atoms with Gasteiger partial charge in [-0.25, -0.2) is 0 Å². The first-order valence-corrected chi connectivity index (χ1v) is 4.18. The Kier molecular flexibility index (Phi) is 2.08. The highest BCUT2D eigenvalue weighted by Crippen LogP contribution is 2.26. The Balaban J connectivity index is 2.92. The molecule has 0 N–H and O–H groups in total. The van der Waals surface area contributed by atoms with Crippen LogP contribution in [0.5, 0.6) is 0 Å². The Morgan fingerprint density at radius 3 is 2.45 bits per heavy atom. The number of nitrogens with zero attached hydrogens (tertiary/aromatic N) is 1. The highest BCUT2D eigenvalue weighted by molar-refractivity contribution is 5.20. The van der Waals surface area contributed by atoms with Crippen LogP contribution in [0.25, 0.3) is 0 Å². The van der Waals surface area contributed by atoms with E-state index in [0.29, 0.717) is 5.41 Å². The maximum Gasteiger partial charge on any atom is 0.0106 e. The van der Waals surface area contributed by atoms with Gasteiger partial charge >= 0.3 is 0 Å². The third-order valence-corrected chi connectivity index (χ3v) is 2.50. The Hall–Kier alpha value is -0.720. The average Bonchev–Trinajstić information content (AvgIpc) is 2.36. The normalized spacial score (nSPS) is 12.0. The van der Waals surface area contributed by atoms with Gasteiger partial charge < -0.3 is 4.57 Å². The minimum atomic E-state index is 0.335. The van der Waals surface area contributed by atoms with Crippen molar-refractivity contribution in [2.75, 3.05) is 0 Å². The largest absolute Gasteiger partial charge is 0.357 e. The summed E-state index contributed by atoms with van der Waals surface area (Å²) in [5, 5.41) is 0. The van der Waals surface area contributed by atoms with Crippen LogP contribution in [0.2, 0.25) is 0 Å². The van der Waals surface area contributed by atoms with Gasteiger partial charge in [-0.1, -0.05) is 20.8 Å². The van der Waals surface area contributed by atoms with Crippen LogP contribution in [0, 0.1) is 0 Å². The molecule has 0 amide bonds. The second kappa shape index (κ2) is 2.72. The monoisotopic (exact) mass is 151 g/mol. The van der Waals surface area contributed by atoms with Crippen molar-refractivity contribution in [1.82, 2.24) is 4.57 Å². The fourth-order valence-electron chi connectivity index (χ4n) is 1.11. The summed E-state index contributed by atoms with van der Waals surface area (Å²) in [5.74, 6) is 0. The molecule has 0 saturated heterocycles. The molecule has 0 radical (unpaired) electrons. The van der Waals surface area contributed by atoms with E-state index in [1.807, 2.05) is 0 Å². The molecule has 0 fully saturated rings. The van der Waals surface area contributed by atoms with Gasteiger partial charge in [-0.2, -0.15) is 0 Å². The van der Waals surface area contributed by atoms with E-state index in [2.05, 4.69) is 50.8 Å². The van der Waals surface area contributed by atoms with Crippen molar-refractivity contribution < 1.29 is 0 Å². The van der Waals surface area contributed by atoms with Gasteiger partial charge in [0.25, 0.3) is 0 Å². The number of hydrogen-bond donors (Lipinski definition) is 0. The fourth-order valence-corrected chi connectivity index (χ4v) is 1.11. The van der Waals surface area contributed by atoms with Gasteiger partial charge in [-0.15, -0.1) is 0 Å². The zero-order valence-electron chi connectivity index (χ0n) is 7.89. The van der Waals surface area contributed by atoms with E-state index < -0.39 is 0 Å². The predicted octanol–water partition coefficient (Wildman–Crippen LogP) is 2.71. The third kappa shape index (κ3) is 1.65. The summed E-state index contributed by atoms with van der Waals surface area (Å²) in [4.78, 5) is 0. The maximum absolute atomic E-state index is 2.28. The van der Waals surface area contributed by atoms with Gasteiger partial charge in [0.2, 0.25) is 0 Å². The van der Waals surface area contributed by atoms with E-state index in [1.165, 1.54) is 12.0 Å². The summed E-state index contributed by atoms with van der Waals surface area (Å²) >= 11 is 0. The smallest absolute Gasteiger partial charge is 0.0106 e. The summed E-state index contributed by atoms with van der Waals surface area (Å²) in [6.45, 7) is 6.79. The molecular weight excluding hydrogens is 134 g/mol. The Morgan fingerprint density at radius 1 is 1.45 bits per heavy atom. The van der Waals surface area contributed by atoms with Gasteiger partial charge in [0.05, 0.1) is 0 Å². The van der Waals surface area contributed by atoms with Crippen molar-refractivity contribution in [3.05, 3.63) is 24.0 Å². The van der Waals surface area contributed by atoms with Crippen molar-refractivity contribution in [3.63, 3.8) is 0 Å². The number of rotatable bonds is 2. The molecular formula is C10H17N. The van der Waals surface area contributed by atoms with E-state index in [1.54, 1.807) is 0 Å². The molecule has 11 heavy (non-hydrogen) atoms. The van der Waals surface area contributed by atoms with E-state index in [9.17, 15) is 0 Å². The lowest BCUT2D eigenvalue weighted by atomic mass is 9.84. The molecule has 1 nitrogen and oxygen atoms in total. The van der Waals surface area contributed by atoms with Crippen LogP contribution in [0.15, 0.2) is 18.5 Å². The first-order valence-electron chi connectivity index (χ1n) is 4.18. The second-order valence-electron chi connectivity index (χ2n) is 3.80. The molecule has 0 aliphatic carbocycles. The molecule has 1 rings (SSSR count). The molecule has 1 heteroatoms. The topological polar surface area (TPSA) is 4.93 Å². The molecule has 0 bridgehead atoms. The van der Waals surface area contributed by atoms with Gasteiger partial charge in [0, 0.05) is 19.4 Å². The fraction of sp³-hybridized carbons (Fsp3) is 0.600. The molecule has 0 unspecified atom stereocenters. The molecule has 0 atom stereocenters. The maximum atomic E-state index is 2.28. The van der Waals surface area contributed by atoms with Crippen LogP contribution in [0.4, 0.5) is 0 Å². The van der Waals surface area contributed by atoms with Gasteiger partial charge in [0.15, 0.2) is 0 Å². The zero-order chi connectivity index (χ0) is 8.48. The minimum absolute atomic E-state index is 0.335. The standard InChI is InChI=1S/C10H17N/c1-5-10(2,3)9-6-7-11(4)8-9/h6-8H,5H2,1-4H3. The molecule has 0 aliphatic rings. The van der Waals surface area contributed by atoms with Crippen LogP contribution in [-0.4, -0.2) is 4.57 Å². The summed E-state index contributed by atoms with van der Waals surface area (Å²) in [6.07, 6.45) is 5.49. The summed E-state index contributed by atoms with van der Waals surface area (Å²) < 4.78 is 2.10. The van der Waals surface area contributed by atoms with Crippen molar-refractivity contribution in [3.8, 4) is 0 Å². The van der Waals surface area contributed by atoms with Crippen molar-refractivity contribution >= 4 is 0 Å². The van der Waals surface area contributed by atoms with Gasteiger partial charge in [-0.05, 0) is 23.5 Å². The summed E-state index contributed by atoms with van der Waals surface area (Å²) in [6, 6.07) is 2.20. The predicted molar refractivity (Wildman–Crippen MR) is 48.7 cm³/mol. The lowest BCUT2D eigenvalue weighted by Gasteiger charge is -2.20. The van der Waals surface area contributed by atoms with E-state index in [0.717, 1.165) is 0 Å². The third-order valence-electron chi connectivity index (χ3n) is 2.50. The lowest BCUT2D eigenvalue weighted by Crippen LogP contribution is -2.14. The first-order chi connectivity index (χ1) is 5.06. The van der Waals surface area contributed by atoms with Crippen molar-refractivity contribution in [2.24, 2.45) is 7.05 Å². The Labute approximate surface area is 69.0 Å². The molecule has 0 spiro atoms. The van der Waals surface area contributed by atoms with Gasteiger partial charge in [-0.3, -0.25) is 0 Å². The molecule has 1 aromatic rings. The minimum Gasteiger partial charge on any atom is -0.357 e. The van der Waals surface area contributed by atoms with E-state index in [-0.39, 0.29) is 0 Å². The average molecular weight is 151 g/mol. The number of hydrogen-bond acceptors (Lipinski definition) is 0. The highest BCUT2D eigenvalue weighted by atomic mass is 14.9. The Bertz CT molecular complexity index is 233.